The van der Waals surface area contributed by atoms with Gasteiger partial charge in [0.05, 0.1) is 6.26 Å². The average molecular weight is 346 g/mol. The van der Waals surface area contributed by atoms with E-state index < -0.39 is 10.0 Å². The van der Waals surface area contributed by atoms with Crippen LogP contribution >= 0.6 is 11.6 Å². The Bertz CT molecular complexity index is 619. The summed E-state index contributed by atoms with van der Waals surface area (Å²) in [6.07, 6.45) is 2.71. The van der Waals surface area contributed by atoms with Gasteiger partial charge in [0.15, 0.2) is 0 Å². The number of hydrogen-bond donors (Lipinski definition) is 2. The maximum Gasteiger partial charge on any atom is 0.315 e. The van der Waals surface area contributed by atoms with Crippen LogP contribution in [0.15, 0.2) is 24.3 Å². The second-order valence-corrected chi connectivity index (χ2v) is 7.83. The lowest BCUT2D eigenvalue weighted by molar-refractivity contribution is 0.225. The van der Waals surface area contributed by atoms with Crippen LogP contribution in [-0.4, -0.2) is 44.1 Å². The Morgan fingerprint density at radius 3 is 2.68 bits per heavy atom. The number of benzene rings is 1. The molecule has 0 bridgehead atoms. The predicted octanol–water partition coefficient (Wildman–Crippen LogP) is 1.56. The largest absolute Gasteiger partial charge is 0.334 e. The van der Waals surface area contributed by atoms with Gasteiger partial charge in [0.2, 0.25) is 10.0 Å². The number of nitrogens with one attached hydrogen (secondary N) is 2. The van der Waals surface area contributed by atoms with Gasteiger partial charge in [-0.05, 0) is 30.5 Å². The molecule has 1 aromatic rings. The molecule has 0 radical (unpaired) electrons. The van der Waals surface area contributed by atoms with Crippen molar-refractivity contribution < 1.29 is 13.2 Å². The van der Waals surface area contributed by atoms with E-state index in [1.54, 1.807) is 12.1 Å². The first-order valence-corrected chi connectivity index (χ1v) is 9.31. The van der Waals surface area contributed by atoms with E-state index in [0.717, 1.165) is 18.4 Å². The van der Waals surface area contributed by atoms with Gasteiger partial charge in [-0.3, -0.25) is 0 Å². The van der Waals surface area contributed by atoms with Crippen molar-refractivity contribution in [3.05, 3.63) is 34.9 Å². The fourth-order valence-electron chi connectivity index (χ4n) is 2.38. The number of halogens is 1. The number of carbonyl (C=O) groups is 1. The van der Waals surface area contributed by atoms with Crippen LogP contribution < -0.4 is 10.6 Å². The van der Waals surface area contributed by atoms with Crippen molar-refractivity contribution in [2.75, 3.05) is 19.3 Å². The fraction of sp³-hybridized carbons (Fsp3) is 0.500. The molecule has 1 fully saturated rings. The van der Waals surface area contributed by atoms with Crippen LogP contribution in [0.4, 0.5) is 4.79 Å². The Morgan fingerprint density at radius 1 is 1.36 bits per heavy atom. The van der Waals surface area contributed by atoms with Crippen LogP contribution in [0.25, 0.3) is 0 Å². The van der Waals surface area contributed by atoms with Gasteiger partial charge in [-0.25, -0.2) is 17.5 Å². The summed E-state index contributed by atoms with van der Waals surface area (Å²) < 4.78 is 24.5. The van der Waals surface area contributed by atoms with Crippen molar-refractivity contribution >= 4 is 27.7 Å². The molecule has 2 N–H and O–H groups in total. The minimum absolute atomic E-state index is 0.159. The summed E-state index contributed by atoms with van der Waals surface area (Å²) in [7, 11) is -3.20. The van der Waals surface area contributed by atoms with E-state index in [1.165, 1.54) is 10.6 Å². The monoisotopic (exact) mass is 345 g/mol. The lowest BCUT2D eigenvalue weighted by atomic mass is 10.1. The van der Waals surface area contributed by atoms with Crippen LogP contribution in [-0.2, 0) is 16.6 Å². The SMILES string of the molecule is CS(=O)(=O)N1CCCC(NC(=O)NCc2ccc(Cl)cc2)C1. The highest BCUT2D eigenvalue weighted by Crippen LogP contribution is 2.13. The molecule has 22 heavy (non-hydrogen) atoms. The maximum absolute atomic E-state index is 11.9. The number of hydrogen-bond acceptors (Lipinski definition) is 3. The van der Waals surface area contributed by atoms with Crippen molar-refractivity contribution in [3.8, 4) is 0 Å². The smallest absolute Gasteiger partial charge is 0.315 e. The van der Waals surface area contributed by atoms with Crippen LogP contribution in [0, 0.1) is 0 Å². The number of urea groups is 1. The van der Waals surface area contributed by atoms with Gasteiger partial charge in [0.1, 0.15) is 0 Å². The molecular formula is C14H20ClN3O3S. The van der Waals surface area contributed by atoms with Gasteiger partial charge in [-0.15, -0.1) is 0 Å². The first-order chi connectivity index (χ1) is 10.3. The van der Waals surface area contributed by atoms with E-state index in [-0.39, 0.29) is 12.1 Å². The van der Waals surface area contributed by atoms with Gasteiger partial charge in [-0.2, -0.15) is 0 Å². The molecule has 6 nitrogen and oxygen atoms in total. The minimum atomic E-state index is -3.20. The zero-order chi connectivity index (χ0) is 16.2. The Labute approximate surface area is 135 Å². The van der Waals surface area contributed by atoms with E-state index in [9.17, 15) is 13.2 Å². The Balaban J connectivity index is 1.80. The number of sulfonamides is 1. The molecule has 0 aliphatic carbocycles. The van der Waals surface area contributed by atoms with Crippen LogP contribution in [0.3, 0.4) is 0 Å². The summed E-state index contributed by atoms with van der Waals surface area (Å²) in [5.41, 5.74) is 0.945. The molecule has 1 aromatic carbocycles. The van der Waals surface area contributed by atoms with E-state index >= 15 is 0 Å². The van der Waals surface area contributed by atoms with Crippen LogP contribution in [0.5, 0.6) is 0 Å². The molecule has 122 valence electrons. The number of amides is 2. The molecular weight excluding hydrogens is 326 g/mol. The molecule has 1 unspecified atom stereocenters. The summed E-state index contributed by atoms with van der Waals surface area (Å²) >= 11 is 5.80. The highest BCUT2D eigenvalue weighted by atomic mass is 35.5. The molecule has 1 heterocycles. The normalized spacial score (nSPS) is 19.6. The van der Waals surface area contributed by atoms with Crippen molar-refractivity contribution in [1.29, 1.82) is 0 Å². The summed E-state index contributed by atoms with van der Waals surface area (Å²) in [5, 5.41) is 6.23. The molecule has 0 spiro atoms. The molecule has 1 atom stereocenters. The summed E-state index contributed by atoms with van der Waals surface area (Å²) in [5.74, 6) is 0. The summed E-state index contributed by atoms with van der Waals surface area (Å²) in [4.78, 5) is 11.9. The maximum atomic E-state index is 11.9. The third-order valence-corrected chi connectivity index (χ3v) is 5.08. The quantitative estimate of drug-likeness (QED) is 0.869. The topological polar surface area (TPSA) is 78.5 Å². The Kier molecular flexibility index (Phi) is 5.66. The van der Waals surface area contributed by atoms with Gasteiger partial charge in [0, 0.05) is 30.7 Å². The van der Waals surface area contributed by atoms with E-state index in [2.05, 4.69) is 10.6 Å². The van der Waals surface area contributed by atoms with Crippen molar-refractivity contribution in [2.24, 2.45) is 0 Å². The standard InChI is InChI=1S/C14H20ClN3O3S/c1-22(20,21)18-8-2-3-13(10-18)17-14(19)16-9-11-4-6-12(15)7-5-11/h4-7,13H,2-3,8-10H2,1H3,(H2,16,17,19). The zero-order valence-electron chi connectivity index (χ0n) is 12.4. The number of rotatable bonds is 4. The van der Waals surface area contributed by atoms with Crippen molar-refractivity contribution in [2.45, 2.75) is 25.4 Å². The number of nitrogens with zero attached hydrogens (tertiary/aromatic N) is 1. The minimum Gasteiger partial charge on any atom is -0.334 e. The lowest BCUT2D eigenvalue weighted by Gasteiger charge is -2.31. The van der Waals surface area contributed by atoms with E-state index in [4.69, 9.17) is 11.6 Å². The summed E-state index contributed by atoms with van der Waals surface area (Å²) in [6.45, 7) is 1.24. The molecule has 8 heteroatoms. The summed E-state index contributed by atoms with van der Waals surface area (Å²) in [6, 6.07) is 6.76. The molecule has 1 aliphatic heterocycles. The second kappa shape index (κ2) is 7.30. The van der Waals surface area contributed by atoms with Crippen molar-refractivity contribution in [3.63, 3.8) is 0 Å². The third kappa shape index (κ3) is 5.15. The van der Waals surface area contributed by atoms with Gasteiger partial charge < -0.3 is 10.6 Å². The molecule has 1 aliphatic rings. The zero-order valence-corrected chi connectivity index (χ0v) is 14.0. The number of carbonyl (C=O) groups excluding carboxylic acids is 1. The second-order valence-electron chi connectivity index (χ2n) is 5.41. The molecule has 1 saturated heterocycles. The molecule has 0 aromatic heterocycles. The van der Waals surface area contributed by atoms with E-state index in [0.29, 0.717) is 24.7 Å². The lowest BCUT2D eigenvalue weighted by Crippen LogP contribution is -2.51. The highest BCUT2D eigenvalue weighted by Gasteiger charge is 2.26. The molecule has 0 saturated carbocycles. The average Bonchev–Trinajstić information content (AvgIpc) is 2.46. The fourth-order valence-corrected chi connectivity index (χ4v) is 3.42. The Morgan fingerprint density at radius 2 is 2.05 bits per heavy atom. The van der Waals surface area contributed by atoms with Crippen molar-refractivity contribution in [1.82, 2.24) is 14.9 Å². The van der Waals surface area contributed by atoms with Gasteiger partial charge in [-0.1, -0.05) is 23.7 Å². The van der Waals surface area contributed by atoms with Gasteiger partial charge >= 0.3 is 6.03 Å². The first-order valence-electron chi connectivity index (χ1n) is 7.08. The van der Waals surface area contributed by atoms with Gasteiger partial charge in [0.25, 0.3) is 0 Å². The Hall–Kier alpha value is -1.31. The molecule has 2 rings (SSSR count). The highest BCUT2D eigenvalue weighted by molar-refractivity contribution is 7.88. The predicted molar refractivity (Wildman–Crippen MR) is 86.3 cm³/mol. The molecule has 2 amide bonds. The van der Waals surface area contributed by atoms with Crippen LogP contribution in [0.2, 0.25) is 5.02 Å². The third-order valence-electron chi connectivity index (χ3n) is 3.55. The van der Waals surface area contributed by atoms with Crippen LogP contribution in [0.1, 0.15) is 18.4 Å². The number of piperidine rings is 1. The first kappa shape index (κ1) is 17.1. The van der Waals surface area contributed by atoms with E-state index in [1.807, 2.05) is 12.1 Å².